The molecule has 1 aromatic carbocycles. The number of fused-ring (bicyclic) bond motifs is 1. The van der Waals surface area contributed by atoms with Gasteiger partial charge >= 0.3 is 0 Å². The molecule has 0 saturated heterocycles. The maximum Gasteiger partial charge on any atom is 0.296 e. The summed E-state index contributed by atoms with van der Waals surface area (Å²) in [6, 6.07) is 3.82. The van der Waals surface area contributed by atoms with Crippen molar-refractivity contribution in [2.75, 3.05) is 21.1 Å². The molecule has 0 aliphatic carbocycles. The normalized spacial score (nSPS) is 16.9. The fourth-order valence-electron chi connectivity index (χ4n) is 3.39. The fraction of sp³-hybridized carbons (Fsp3) is 0.421. The van der Waals surface area contributed by atoms with Crippen LogP contribution in [0.5, 0.6) is 5.75 Å². The summed E-state index contributed by atoms with van der Waals surface area (Å²) < 4.78 is 30.6. The number of benzene rings is 1. The Bertz CT molecular complexity index is 1090. The molecule has 2 unspecified atom stereocenters. The first kappa shape index (κ1) is 23.5. The number of nitrogens with one attached hydrogen (secondary N) is 1. The maximum absolute atomic E-state index is 13.4. The minimum Gasteiger partial charge on any atom is -0.501 e. The fourth-order valence-corrected chi connectivity index (χ4v) is 4.75. The van der Waals surface area contributed by atoms with Gasteiger partial charge in [0.25, 0.3) is 11.5 Å². The van der Waals surface area contributed by atoms with Crippen LogP contribution in [-0.2, 0) is 24.3 Å². The molecule has 3 rings (SSSR count). The molecule has 12 heteroatoms. The van der Waals surface area contributed by atoms with Crippen molar-refractivity contribution in [3.05, 3.63) is 55.9 Å². The number of halogens is 2. The van der Waals surface area contributed by atoms with Crippen LogP contribution >= 0.6 is 15.9 Å². The lowest BCUT2D eigenvalue weighted by atomic mass is 10.1. The molecule has 0 saturated carbocycles. The summed E-state index contributed by atoms with van der Waals surface area (Å²) in [6.07, 6.45) is 1.23. The largest absolute Gasteiger partial charge is 0.501 e. The van der Waals surface area contributed by atoms with Crippen molar-refractivity contribution in [1.82, 2.24) is 23.5 Å². The first-order valence-electron chi connectivity index (χ1n) is 9.49. The van der Waals surface area contributed by atoms with Crippen molar-refractivity contribution < 1.29 is 18.5 Å². The molecule has 9 nitrogen and oxygen atoms in total. The van der Waals surface area contributed by atoms with Crippen molar-refractivity contribution in [2.24, 2.45) is 0 Å². The average Bonchev–Trinajstić information content (AvgIpc) is 2.75. The van der Waals surface area contributed by atoms with Crippen LogP contribution in [0.4, 0.5) is 4.39 Å². The van der Waals surface area contributed by atoms with E-state index in [0.717, 1.165) is 0 Å². The smallest absolute Gasteiger partial charge is 0.296 e. The molecule has 2 atom stereocenters. The van der Waals surface area contributed by atoms with E-state index >= 15 is 0 Å². The lowest BCUT2D eigenvalue weighted by Gasteiger charge is -2.33. The molecule has 0 spiro atoms. The summed E-state index contributed by atoms with van der Waals surface area (Å²) in [5.74, 6) is -1.62. The van der Waals surface area contributed by atoms with Crippen LogP contribution in [0.1, 0.15) is 40.8 Å². The molecule has 1 aromatic heterocycles. The highest BCUT2D eigenvalue weighted by Gasteiger charge is 2.33. The van der Waals surface area contributed by atoms with E-state index < -0.39 is 45.9 Å². The Morgan fingerprint density at radius 2 is 2.13 bits per heavy atom. The molecule has 0 radical (unpaired) electrons. The molecule has 1 aliphatic rings. The highest BCUT2D eigenvalue weighted by atomic mass is 79.9. The predicted molar refractivity (Wildman–Crippen MR) is 117 cm³/mol. The number of carbonyl (C=O) groups excluding carboxylic acids is 1. The van der Waals surface area contributed by atoms with Crippen molar-refractivity contribution >= 4 is 33.0 Å². The average molecular weight is 516 g/mol. The molecular weight excluding hydrogens is 493 g/mol. The quantitative estimate of drug-likeness (QED) is 0.608. The summed E-state index contributed by atoms with van der Waals surface area (Å²) in [5.41, 5.74) is -0.489. The number of carbonyl (C=O) groups is 1. The van der Waals surface area contributed by atoms with Gasteiger partial charge in [-0.2, -0.15) is 0 Å². The van der Waals surface area contributed by atoms with E-state index in [-0.39, 0.29) is 16.8 Å². The van der Waals surface area contributed by atoms with Crippen molar-refractivity contribution in [1.29, 1.82) is 0 Å². The van der Waals surface area contributed by atoms with E-state index in [4.69, 9.17) is 0 Å². The van der Waals surface area contributed by atoms with E-state index in [0.29, 0.717) is 24.9 Å². The van der Waals surface area contributed by atoms with Gasteiger partial charge in [0.2, 0.25) is 5.75 Å². The second-order valence-electron chi connectivity index (χ2n) is 7.30. The van der Waals surface area contributed by atoms with Crippen LogP contribution in [0.25, 0.3) is 0 Å². The Morgan fingerprint density at radius 3 is 2.77 bits per heavy atom. The Kier molecular flexibility index (Phi) is 7.24. The first-order valence-corrected chi connectivity index (χ1v) is 11.4. The monoisotopic (exact) mass is 515 g/mol. The number of nitrogens with zero attached hydrogens (tertiary/aromatic N) is 4. The molecule has 1 aliphatic heterocycles. The van der Waals surface area contributed by atoms with Gasteiger partial charge in [-0.1, -0.05) is 6.07 Å². The van der Waals surface area contributed by atoms with Gasteiger partial charge in [0.15, 0.2) is 16.9 Å². The standard InChI is InChI=1S/C19H23BrFN5O4S/c1-24(2)31(30)25(3)14-5-4-8-26-17(14)23-15(16(27)19(26)29)18(28)22-10-11-6-7-13(21)12(20)9-11/h6-7,9,14,27H,4-5,8,10H2,1-3H3,(H,22,28). The van der Waals surface area contributed by atoms with Crippen LogP contribution in [0, 0.1) is 5.82 Å². The minimum atomic E-state index is -1.47. The molecule has 31 heavy (non-hydrogen) atoms. The van der Waals surface area contributed by atoms with Gasteiger partial charge in [-0.05, 0) is 46.5 Å². The third-order valence-electron chi connectivity index (χ3n) is 4.98. The summed E-state index contributed by atoms with van der Waals surface area (Å²) >= 11 is 1.62. The van der Waals surface area contributed by atoms with E-state index in [2.05, 4.69) is 26.2 Å². The Labute approximate surface area is 189 Å². The number of aromatic hydroxyl groups is 1. The van der Waals surface area contributed by atoms with Crippen LogP contribution in [0.15, 0.2) is 27.5 Å². The number of hydrogen-bond acceptors (Lipinski definition) is 5. The van der Waals surface area contributed by atoms with E-state index in [1.807, 2.05) is 0 Å². The number of rotatable bonds is 6. The van der Waals surface area contributed by atoms with Gasteiger partial charge in [-0.3, -0.25) is 14.2 Å². The Balaban J connectivity index is 1.91. The second kappa shape index (κ2) is 9.55. The zero-order valence-corrected chi connectivity index (χ0v) is 19.7. The van der Waals surface area contributed by atoms with Gasteiger partial charge < -0.3 is 10.4 Å². The Hall–Kier alpha value is -2.15. The number of aromatic nitrogens is 2. The first-order chi connectivity index (χ1) is 14.6. The van der Waals surface area contributed by atoms with Crippen molar-refractivity contribution in [3.63, 3.8) is 0 Å². The molecule has 2 N–H and O–H groups in total. The van der Waals surface area contributed by atoms with E-state index in [1.165, 1.54) is 27.1 Å². The summed E-state index contributed by atoms with van der Waals surface area (Å²) in [4.78, 5) is 29.7. The van der Waals surface area contributed by atoms with Crippen LogP contribution < -0.4 is 10.9 Å². The van der Waals surface area contributed by atoms with E-state index in [1.54, 1.807) is 25.4 Å². The maximum atomic E-state index is 13.4. The van der Waals surface area contributed by atoms with Crippen molar-refractivity contribution in [3.8, 4) is 5.75 Å². The van der Waals surface area contributed by atoms with Crippen LogP contribution in [0.3, 0.4) is 0 Å². The summed E-state index contributed by atoms with van der Waals surface area (Å²) in [6.45, 7) is 0.393. The van der Waals surface area contributed by atoms with Gasteiger partial charge in [-0.15, -0.1) is 0 Å². The Morgan fingerprint density at radius 1 is 1.42 bits per heavy atom. The van der Waals surface area contributed by atoms with Crippen molar-refractivity contribution in [2.45, 2.75) is 32.0 Å². The minimum absolute atomic E-state index is 0.0469. The molecule has 0 fully saturated rings. The third-order valence-corrected chi connectivity index (χ3v) is 6.96. The molecule has 2 heterocycles. The molecular formula is C19H23BrFN5O4S. The topological polar surface area (TPSA) is 108 Å². The lowest BCUT2D eigenvalue weighted by Crippen LogP contribution is -2.41. The number of amides is 1. The SMILES string of the molecule is CN(C)S(=O)N(C)C1CCCn2c1nc(C(=O)NCc1ccc(F)c(Br)c1)c(O)c2=O. The second-order valence-corrected chi connectivity index (χ2v) is 9.92. The summed E-state index contributed by atoms with van der Waals surface area (Å²) in [5, 5.41) is 12.9. The number of hydrogen-bond donors (Lipinski definition) is 2. The molecule has 1 amide bonds. The van der Waals surface area contributed by atoms with E-state index in [9.17, 15) is 23.3 Å². The van der Waals surface area contributed by atoms with Gasteiger partial charge in [0, 0.05) is 34.2 Å². The van der Waals surface area contributed by atoms with Crippen LogP contribution in [0.2, 0.25) is 0 Å². The molecule has 0 bridgehead atoms. The van der Waals surface area contributed by atoms with Gasteiger partial charge in [0.1, 0.15) is 11.6 Å². The zero-order chi connectivity index (χ0) is 22.9. The predicted octanol–water partition coefficient (Wildman–Crippen LogP) is 1.69. The van der Waals surface area contributed by atoms with Gasteiger partial charge in [-0.25, -0.2) is 22.2 Å². The van der Waals surface area contributed by atoms with Gasteiger partial charge in [0.05, 0.1) is 10.5 Å². The summed E-state index contributed by atoms with van der Waals surface area (Å²) in [7, 11) is 4.99. The third kappa shape index (κ3) is 4.86. The molecule has 168 valence electrons. The molecule has 2 aromatic rings. The highest BCUT2D eigenvalue weighted by Crippen LogP contribution is 2.30. The zero-order valence-electron chi connectivity index (χ0n) is 17.3. The highest BCUT2D eigenvalue weighted by molar-refractivity contribution is 9.10. The lowest BCUT2D eigenvalue weighted by molar-refractivity contribution is 0.0940. The van der Waals surface area contributed by atoms with Crippen LogP contribution in [-0.4, -0.2) is 54.5 Å².